The standard InChI is InChI=1S/C13H15F2N3O3/c1-21-9-4-2-8(3-5-9)18-7-10(17-13(18)20)12(19)16-6-11(14)15/h2-5,10-11H,6-7H2,1H3,(H,16,19)(H,17,20). The van der Waals surface area contributed by atoms with Gasteiger partial charge in [-0.1, -0.05) is 0 Å². The van der Waals surface area contributed by atoms with Gasteiger partial charge in [-0.15, -0.1) is 0 Å². The van der Waals surface area contributed by atoms with Gasteiger partial charge in [-0.25, -0.2) is 13.6 Å². The predicted octanol–water partition coefficient (Wildman–Crippen LogP) is 0.975. The van der Waals surface area contributed by atoms with E-state index in [-0.39, 0.29) is 6.54 Å². The molecule has 6 nitrogen and oxygen atoms in total. The molecule has 2 rings (SSSR count). The normalized spacial score (nSPS) is 17.8. The van der Waals surface area contributed by atoms with Crippen LogP contribution in [0.25, 0.3) is 0 Å². The van der Waals surface area contributed by atoms with E-state index in [9.17, 15) is 18.4 Å². The van der Waals surface area contributed by atoms with E-state index < -0.39 is 31.0 Å². The highest BCUT2D eigenvalue weighted by atomic mass is 19.3. The molecule has 0 spiro atoms. The number of rotatable bonds is 5. The number of hydrogen-bond acceptors (Lipinski definition) is 3. The van der Waals surface area contributed by atoms with E-state index in [2.05, 4.69) is 10.6 Å². The fourth-order valence-electron chi connectivity index (χ4n) is 1.97. The summed E-state index contributed by atoms with van der Waals surface area (Å²) in [5.41, 5.74) is 0.595. The van der Waals surface area contributed by atoms with Crippen molar-refractivity contribution in [2.45, 2.75) is 12.5 Å². The molecule has 0 aromatic heterocycles. The maximum atomic E-state index is 12.0. The lowest BCUT2D eigenvalue weighted by molar-refractivity contribution is -0.123. The summed E-state index contributed by atoms with van der Waals surface area (Å²) < 4.78 is 29.1. The number of ether oxygens (including phenoxy) is 1. The van der Waals surface area contributed by atoms with E-state index in [1.54, 1.807) is 24.3 Å². The number of urea groups is 1. The number of nitrogens with one attached hydrogen (secondary N) is 2. The van der Waals surface area contributed by atoms with Gasteiger partial charge in [-0.05, 0) is 24.3 Å². The topological polar surface area (TPSA) is 70.7 Å². The Morgan fingerprint density at radius 1 is 1.48 bits per heavy atom. The first kappa shape index (κ1) is 15.0. The quantitative estimate of drug-likeness (QED) is 0.851. The molecule has 21 heavy (non-hydrogen) atoms. The van der Waals surface area contributed by atoms with Crippen LogP contribution in [-0.4, -0.2) is 44.6 Å². The largest absolute Gasteiger partial charge is 0.497 e. The van der Waals surface area contributed by atoms with E-state index in [1.165, 1.54) is 12.0 Å². The van der Waals surface area contributed by atoms with Crippen molar-refractivity contribution < 1.29 is 23.1 Å². The van der Waals surface area contributed by atoms with Gasteiger partial charge in [-0.2, -0.15) is 0 Å². The van der Waals surface area contributed by atoms with E-state index in [0.717, 1.165) is 0 Å². The minimum absolute atomic E-state index is 0.0836. The number of methoxy groups -OCH3 is 1. The molecule has 114 valence electrons. The number of anilines is 1. The third-order valence-corrected chi connectivity index (χ3v) is 3.04. The maximum Gasteiger partial charge on any atom is 0.322 e. The Hall–Kier alpha value is -2.38. The smallest absolute Gasteiger partial charge is 0.322 e. The molecule has 1 heterocycles. The Morgan fingerprint density at radius 3 is 2.71 bits per heavy atom. The molecule has 1 fully saturated rings. The summed E-state index contributed by atoms with van der Waals surface area (Å²) >= 11 is 0. The van der Waals surface area contributed by atoms with Crippen molar-refractivity contribution in [2.24, 2.45) is 0 Å². The van der Waals surface area contributed by atoms with Gasteiger partial charge < -0.3 is 15.4 Å². The van der Waals surface area contributed by atoms with Crippen molar-refractivity contribution in [2.75, 3.05) is 25.1 Å². The highest BCUT2D eigenvalue weighted by Gasteiger charge is 2.34. The van der Waals surface area contributed by atoms with Crippen molar-refractivity contribution in [3.8, 4) is 5.75 Å². The molecule has 0 bridgehead atoms. The summed E-state index contributed by atoms with van der Waals surface area (Å²) in [7, 11) is 1.53. The summed E-state index contributed by atoms with van der Waals surface area (Å²) in [6.45, 7) is -0.645. The highest BCUT2D eigenvalue weighted by molar-refractivity contribution is 6.00. The van der Waals surface area contributed by atoms with Gasteiger partial charge in [-0.3, -0.25) is 9.69 Å². The molecule has 3 amide bonds. The van der Waals surface area contributed by atoms with Gasteiger partial charge >= 0.3 is 6.03 Å². The SMILES string of the molecule is COc1ccc(N2CC(C(=O)NCC(F)F)NC2=O)cc1. The minimum atomic E-state index is -2.62. The Morgan fingerprint density at radius 2 is 2.14 bits per heavy atom. The molecule has 0 saturated carbocycles. The Labute approximate surface area is 120 Å². The summed E-state index contributed by atoms with van der Waals surface area (Å²) in [4.78, 5) is 24.9. The molecule has 1 atom stereocenters. The van der Waals surface area contributed by atoms with Crippen LogP contribution in [0.3, 0.4) is 0 Å². The second-order valence-corrected chi connectivity index (χ2v) is 4.45. The summed E-state index contributed by atoms with van der Waals surface area (Å²) in [5, 5.41) is 4.54. The van der Waals surface area contributed by atoms with Gasteiger partial charge in [0, 0.05) is 5.69 Å². The van der Waals surface area contributed by atoms with Crippen molar-refractivity contribution in [3.05, 3.63) is 24.3 Å². The minimum Gasteiger partial charge on any atom is -0.497 e. The summed E-state index contributed by atoms with van der Waals surface area (Å²) in [6.07, 6.45) is -2.62. The fraction of sp³-hybridized carbons (Fsp3) is 0.385. The first-order valence-corrected chi connectivity index (χ1v) is 6.29. The number of amides is 3. The van der Waals surface area contributed by atoms with Crippen LogP contribution in [0.2, 0.25) is 0 Å². The van der Waals surface area contributed by atoms with Crippen molar-refractivity contribution in [3.63, 3.8) is 0 Å². The molecule has 8 heteroatoms. The summed E-state index contributed by atoms with van der Waals surface area (Å²) in [6, 6.07) is 5.44. The third-order valence-electron chi connectivity index (χ3n) is 3.04. The lowest BCUT2D eigenvalue weighted by Gasteiger charge is -2.15. The number of nitrogens with zero attached hydrogens (tertiary/aromatic N) is 1. The number of benzene rings is 1. The van der Waals surface area contributed by atoms with Crippen LogP contribution in [0.1, 0.15) is 0 Å². The Bertz CT molecular complexity index is 522. The zero-order valence-electron chi connectivity index (χ0n) is 11.3. The fourth-order valence-corrected chi connectivity index (χ4v) is 1.97. The lowest BCUT2D eigenvalue weighted by atomic mass is 10.2. The van der Waals surface area contributed by atoms with Crippen molar-refractivity contribution >= 4 is 17.6 Å². The molecule has 0 aliphatic carbocycles. The van der Waals surface area contributed by atoms with Gasteiger partial charge in [0.2, 0.25) is 5.91 Å². The third kappa shape index (κ3) is 3.59. The van der Waals surface area contributed by atoms with Crippen LogP contribution in [0.4, 0.5) is 19.3 Å². The number of hydrogen-bond donors (Lipinski definition) is 2. The molecule has 0 radical (unpaired) electrons. The molecular weight excluding hydrogens is 284 g/mol. The van der Waals surface area contributed by atoms with Crippen molar-refractivity contribution in [1.82, 2.24) is 10.6 Å². The van der Waals surface area contributed by atoms with Crippen LogP contribution in [0.5, 0.6) is 5.75 Å². The van der Waals surface area contributed by atoms with Crippen LogP contribution in [0, 0.1) is 0 Å². The first-order chi connectivity index (χ1) is 10.0. The van der Waals surface area contributed by atoms with Crippen LogP contribution in [0.15, 0.2) is 24.3 Å². The lowest BCUT2D eigenvalue weighted by Crippen LogP contribution is -2.44. The van der Waals surface area contributed by atoms with Crippen LogP contribution >= 0.6 is 0 Å². The molecule has 1 aromatic rings. The van der Waals surface area contributed by atoms with Crippen LogP contribution < -0.4 is 20.3 Å². The maximum absolute atomic E-state index is 12.0. The van der Waals surface area contributed by atoms with E-state index in [0.29, 0.717) is 11.4 Å². The van der Waals surface area contributed by atoms with Gasteiger partial charge in [0.1, 0.15) is 11.8 Å². The molecule has 1 saturated heterocycles. The van der Waals surface area contributed by atoms with Crippen molar-refractivity contribution in [1.29, 1.82) is 0 Å². The molecule has 1 unspecified atom stereocenters. The number of alkyl halides is 2. The molecule has 2 N–H and O–H groups in total. The average molecular weight is 299 g/mol. The second-order valence-electron chi connectivity index (χ2n) is 4.45. The summed E-state index contributed by atoms with van der Waals surface area (Å²) in [5.74, 6) is 0.0178. The molecular formula is C13H15F2N3O3. The van der Waals surface area contributed by atoms with E-state index in [1.807, 2.05) is 0 Å². The Balaban J connectivity index is 2.00. The number of carbonyl (C=O) groups is 2. The second kappa shape index (κ2) is 6.38. The van der Waals surface area contributed by atoms with E-state index >= 15 is 0 Å². The molecule has 1 aliphatic heterocycles. The van der Waals surface area contributed by atoms with E-state index in [4.69, 9.17) is 4.74 Å². The zero-order chi connectivity index (χ0) is 15.4. The Kier molecular flexibility index (Phi) is 4.56. The first-order valence-electron chi connectivity index (χ1n) is 6.29. The molecule has 1 aromatic carbocycles. The average Bonchev–Trinajstić information content (AvgIpc) is 2.87. The highest BCUT2D eigenvalue weighted by Crippen LogP contribution is 2.21. The molecule has 1 aliphatic rings. The zero-order valence-corrected chi connectivity index (χ0v) is 11.3. The van der Waals surface area contributed by atoms with Gasteiger partial charge in [0.05, 0.1) is 20.2 Å². The predicted molar refractivity (Wildman–Crippen MR) is 71.7 cm³/mol. The van der Waals surface area contributed by atoms with Gasteiger partial charge in [0.15, 0.2) is 0 Å². The van der Waals surface area contributed by atoms with Crippen LogP contribution in [-0.2, 0) is 4.79 Å². The number of carbonyl (C=O) groups excluding carboxylic acids is 2. The number of halogens is 2. The van der Waals surface area contributed by atoms with Gasteiger partial charge in [0.25, 0.3) is 6.43 Å². The monoisotopic (exact) mass is 299 g/mol.